The molecule has 1 aromatic rings. The summed E-state index contributed by atoms with van der Waals surface area (Å²) >= 11 is 0. The highest BCUT2D eigenvalue weighted by Crippen LogP contribution is 2.30. The van der Waals surface area contributed by atoms with E-state index in [1.54, 1.807) is 0 Å². The zero-order valence-corrected chi connectivity index (χ0v) is 15.2. The van der Waals surface area contributed by atoms with E-state index in [-0.39, 0.29) is 12.5 Å². The zero-order chi connectivity index (χ0) is 18.8. The third kappa shape index (κ3) is 5.91. The smallest absolute Gasteiger partial charge is 0.311 e. The van der Waals surface area contributed by atoms with Crippen molar-refractivity contribution < 1.29 is 28.9 Å². The molecule has 2 rings (SSSR count). The van der Waals surface area contributed by atoms with E-state index in [2.05, 4.69) is 5.32 Å². The summed E-state index contributed by atoms with van der Waals surface area (Å²) in [5.74, 6) is 0.480. The number of carbonyl (C=O) groups excluding carboxylic acids is 1. The predicted octanol–water partition coefficient (Wildman–Crippen LogP) is 2.24. The average molecular weight is 365 g/mol. The first-order chi connectivity index (χ1) is 12.6. The quantitative estimate of drug-likeness (QED) is 0.618. The number of aliphatic carboxylic acids is 1. The maximum atomic E-state index is 12.0. The summed E-state index contributed by atoms with van der Waals surface area (Å²) in [4.78, 5) is 23.5. The first kappa shape index (κ1) is 20.0. The minimum absolute atomic E-state index is 0.143. The molecular formula is C19H27NO6. The number of nitrogens with one attached hydrogen (secondary N) is 1. The Bertz CT molecular complexity index is 580. The summed E-state index contributed by atoms with van der Waals surface area (Å²) in [6.07, 6.45) is 1.69. The minimum atomic E-state index is -0.910. The lowest BCUT2D eigenvalue weighted by molar-refractivity contribution is -0.154. The molecule has 0 atom stereocenters. The molecule has 7 nitrogen and oxygen atoms in total. The fourth-order valence-corrected chi connectivity index (χ4v) is 2.81. The van der Waals surface area contributed by atoms with Gasteiger partial charge in [0.25, 0.3) is 0 Å². The number of rotatable bonds is 10. The van der Waals surface area contributed by atoms with Crippen LogP contribution in [-0.2, 0) is 14.3 Å². The second-order valence-electron chi connectivity index (χ2n) is 6.33. The highest BCUT2D eigenvalue weighted by atomic mass is 16.5. The van der Waals surface area contributed by atoms with E-state index in [0.29, 0.717) is 52.1 Å². The van der Waals surface area contributed by atoms with E-state index in [4.69, 9.17) is 14.2 Å². The molecule has 0 aliphatic carbocycles. The van der Waals surface area contributed by atoms with Gasteiger partial charge in [0, 0.05) is 26.2 Å². The molecule has 7 heteroatoms. The Balaban J connectivity index is 1.66. The summed E-state index contributed by atoms with van der Waals surface area (Å²) < 4.78 is 16.2. The first-order valence-corrected chi connectivity index (χ1v) is 8.99. The maximum Gasteiger partial charge on any atom is 0.311 e. The summed E-state index contributed by atoms with van der Waals surface area (Å²) in [6, 6.07) is 7.33. The fraction of sp³-hybridized carbons (Fsp3) is 0.579. The number of benzene rings is 1. The second kappa shape index (κ2) is 10.0. The van der Waals surface area contributed by atoms with Gasteiger partial charge in [-0.3, -0.25) is 9.59 Å². The van der Waals surface area contributed by atoms with Crippen molar-refractivity contribution in [2.75, 3.05) is 33.0 Å². The van der Waals surface area contributed by atoms with E-state index >= 15 is 0 Å². The molecular weight excluding hydrogens is 338 g/mol. The summed E-state index contributed by atoms with van der Waals surface area (Å²) in [6.45, 7) is 3.93. The third-order valence-corrected chi connectivity index (χ3v) is 4.48. The zero-order valence-electron chi connectivity index (χ0n) is 15.2. The van der Waals surface area contributed by atoms with E-state index in [0.717, 1.165) is 11.5 Å². The molecule has 1 aliphatic heterocycles. The second-order valence-corrected chi connectivity index (χ2v) is 6.33. The van der Waals surface area contributed by atoms with Crippen LogP contribution in [0.15, 0.2) is 24.3 Å². The molecule has 0 unspecified atom stereocenters. The van der Waals surface area contributed by atoms with Gasteiger partial charge in [0.05, 0.1) is 18.6 Å². The Hall–Kier alpha value is -2.28. The van der Waals surface area contributed by atoms with Crippen LogP contribution in [0.3, 0.4) is 0 Å². The molecule has 144 valence electrons. The van der Waals surface area contributed by atoms with Gasteiger partial charge in [-0.15, -0.1) is 0 Å². The Morgan fingerprint density at radius 2 is 1.77 bits per heavy atom. The topological polar surface area (TPSA) is 94.1 Å². The van der Waals surface area contributed by atoms with Crippen molar-refractivity contribution in [3.8, 4) is 11.5 Å². The van der Waals surface area contributed by atoms with Crippen LogP contribution in [0.1, 0.15) is 32.6 Å². The molecule has 0 spiro atoms. The lowest BCUT2D eigenvalue weighted by atomic mass is 9.80. The lowest BCUT2D eigenvalue weighted by Gasteiger charge is -2.33. The first-order valence-electron chi connectivity index (χ1n) is 8.99. The van der Waals surface area contributed by atoms with Crippen molar-refractivity contribution in [2.24, 2.45) is 5.41 Å². The van der Waals surface area contributed by atoms with Crippen molar-refractivity contribution in [3.05, 3.63) is 24.3 Å². The monoisotopic (exact) mass is 365 g/mol. The van der Waals surface area contributed by atoms with Gasteiger partial charge in [-0.05, 0) is 50.5 Å². The fourth-order valence-electron chi connectivity index (χ4n) is 2.81. The third-order valence-electron chi connectivity index (χ3n) is 4.48. The Kier molecular flexibility index (Phi) is 7.72. The lowest BCUT2D eigenvalue weighted by Crippen LogP contribution is -2.46. The van der Waals surface area contributed by atoms with Crippen molar-refractivity contribution in [2.45, 2.75) is 32.6 Å². The molecule has 1 aromatic carbocycles. The Morgan fingerprint density at radius 3 is 2.35 bits per heavy atom. The standard InChI is InChI=1S/C19H27NO6/c1-2-25-15-5-7-16(8-6-15)26-11-3-4-17(21)20-14-19(18(22)23)9-12-24-13-10-19/h5-8H,2-4,9-14H2,1H3,(H,20,21)(H,22,23). The molecule has 0 bridgehead atoms. The normalized spacial score (nSPS) is 15.9. The highest BCUT2D eigenvalue weighted by molar-refractivity contribution is 5.79. The average Bonchev–Trinajstić information content (AvgIpc) is 2.66. The van der Waals surface area contributed by atoms with Crippen molar-refractivity contribution in [3.63, 3.8) is 0 Å². The van der Waals surface area contributed by atoms with Crippen LogP contribution in [-0.4, -0.2) is 50.0 Å². The number of hydrogen-bond acceptors (Lipinski definition) is 5. The van der Waals surface area contributed by atoms with E-state index in [1.807, 2.05) is 31.2 Å². The summed E-state index contributed by atoms with van der Waals surface area (Å²) in [5.41, 5.74) is -0.910. The molecule has 1 heterocycles. The SMILES string of the molecule is CCOc1ccc(OCCCC(=O)NCC2(C(=O)O)CCOCC2)cc1. The molecule has 1 fully saturated rings. The number of hydrogen-bond donors (Lipinski definition) is 2. The van der Waals surface area contributed by atoms with Crippen LogP contribution in [0.5, 0.6) is 11.5 Å². The van der Waals surface area contributed by atoms with Crippen LogP contribution in [0.2, 0.25) is 0 Å². The van der Waals surface area contributed by atoms with Gasteiger partial charge < -0.3 is 24.6 Å². The van der Waals surface area contributed by atoms with Gasteiger partial charge in [-0.1, -0.05) is 0 Å². The molecule has 1 amide bonds. The summed E-state index contributed by atoms with van der Waals surface area (Å²) in [7, 11) is 0. The van der Waals surface area contributed by atoms with Crippen LogP contribution >= 0.6 is 0 Å². The molecule has 26 heavy (non-hydrogen) atoms. The van der Waals surface area contributed by atoms with Crippen LogP contribution in [0, 0.1) is 5.41 Å². The molecule has 0 saturated carbocycles. The largest absolute Gasteiger partial charge is 0.494 e. The minimum Gasteiger partial charge on any atom is -0.494 e. The predicted molar refractivity (Wildman–Crippen MR) is 95.5 cm³/mol. The summed E-state index contributed by atoms with van der Waals surface area (Å²) in [5, 5.41) is 12.2. The van der Waals surface area contributed by atoms with Crippen molar-refractivity contribution in [1.29, 1.82) is 0 Å². The number of amides is 1. The van der Waals surface area contributed by atoms with Crippen molar-refractivity contribution >= 4 is 11.9 Å². The number of carbonyl (C=O) groups is 2. The Labute approximate surface area is 153 Å². The highest BCUT2D eigenvalue weighted by Gasteiger charge is 2.40. The van der Waals surface area contributed by atoms with Gasteiger partial charge in [-0.2, -0.15) is 0 Å². The Morgan fingerprint density at radius 1 is 1.15 bits per heavy atom. The molecule has 0 radical (unpaired) electrons. The number of carboxylic acids is 1. The van der Waals surface area contributed by atoms with Gasteiger partial charge in [0.15, 0.2) is 0 Å². The number of ether oxygens (including phenoxy) is 3. The molecule has 1 saturated heterocycles. The molecule has 2 N–H and O–H groups in total. The van der Waals surface area contributed by atoms with Crippen LogP contribution in [0.4, 0.5) is 0 Å². The molecule has 0 aromatic heterocycles. The maximum absolute atomic E-state index is 12.0. The van der Waals surface area contributed by atoms with E-state index in [9.17, 15) is 14.7 Å². The van der Waals surface area contributed by atoms with Gasteiger partial charge >= 0.3 is 5.97 Å². The van der Waals surface area contributed by atoms with Crippen LogP contribution in [0.25, 0.3) is 0 Å². The van der Waals surface area contributed by atoms with Gasteiger partial charge in [-0.25, -0.2) is 0 Å². The van der Waals surface area contributed by atoms with Crippen LogP contribution < -0.4 is 14.8 Å². The van der Waals surface area contributed by atoms with Gasteiger partial charge in [0.1, 0.15) is 11.5 Å². The van der Waals surface area contributed by atoms with Gasteiger partial charge in [0.2, 0.25) is 5.91 Å². The molecule has 1 aliphatic rings. The van der Waals surface area contributed by atoms with E-state index < -0.39 is 11.4 Å². The van der Waals surface area contributed by atoms with E-state index in [1.165, 1.54) is 0 Å². The number of carboxylic acid groups (broad SMARTS) is 1. The van der Waals surface area contributed by atoms with Crippen molar-refractivity contribution in [1.82, 2.24) is 5.32 Å².